The Labute approximate surface area is 461 Å². The van der Waals surface area contributed by atoms with Crippen LogP contribution in [0.5, 0.6) is 11.6 Å². The van der Waals surface area contributed by atoms with Gasteiger partial charge in [-0.15, -0.1) is 37.3 Å². The van der Waals surface area contributed by atoms with Gasteiger partial charge in [0, 0.05) is 21.9 Å². The van der Waals surface area contributed by atoms with Crippen LogP contribution in [0.15, 0.2) is 111 Å². The van der Waals surface area contributed by atoms with Crippen LogP contribution in [-0.4, -0.2) is 108 Å². The number of fused-ring (bicyclic) bond motifs is 6. The minimum atomic E-state index is -4.89. The van der Waals surface area contributed by atoms with E-state index in [4.69, 9.17) is 16.3 Å². The molecule has 0 atom stereocenters. The number of aromatic nitrogens is 3. The largest absolute Gasteiger partial charge is 0.493 e. The summed E-state index contributed by atoms with van der Waals surface area (Å²) in [6, 6.07) is 14.2. The summed E-state index contributed by atoms with van der Waals surface area (Å²) in [5.41, 5.74) is 0.424. The molecule has 414 valence electrons. The second kappa shape index (κ2) is 22.1. The van der Waals surface area contributed by atoms with E-state index in [1.54, 1.807) is 19.9 Å². The molecule has 5 aromatic carbocycles. The molecule has 0 spiro atoms. The van der Waals surface area contributed by atoms with Gasteiger partial charge in [-0.2, -0.15) is 52.5 Å². The highest BCUT2D eigenvalue weighted by atomic mass is 35.5. The number of thioether (sulfide) groups is 1. The standard InChI is InChI=1S/C44H37ClN10O17S7/c1-21-12-32(51-53-38-23(3)28(20-46)42-47-39-29(45)16-26(78(66,67)68)17-34(39)55(42)43(38)56)35(72-8-4-10-75(57,58)59)18-30(21)49-52-33-13-22(2)31(19-36(33)73-9-5-11-76(60,61)62)50-54-44-48-40-37(79(69,70)71)14-24-6-7-25(77(63,64)65)15-27(24)41(40)74-44/h6-7,12-19,56H,4-5,8-11H2,1-3H3,(H,57,58,59)(H,60,61,62)(H,63,64,65)(H,66,67,68)(H,69,70,71). The van der Waals surface area contributed by atoms with Crippen molar-refractivity contribution >= 4 is 157 Å². The zero-order chi connectivity index (χ0) is 57.7. The maximum absolute atomic E-state index is 12.5. The van der Waals surface area contributed by atoms with Gasteiger partial charge in [-0.1, -0.05) is 29.0 Å². The first-order valence-corrected chi connectivity index (χ1v) is 31.8. The van der Waals surface area contributed by atoms with Crippen LogP contribution in [0, 0.1) is 32.1 Å². The van der Waals surface area contributed by atoms with E-state index in [1.807, 2.05) is 6.07 Å². The van der Waals surface area contributed by atoms with E-state index in [2.05, 4.69) is 40.7 Å². The lowest BCUT2D eigenvalue weighted by molar-refractivity contribution is 0.317. The zero-order valence-electron chi connectivity index (χ0n) is 40.4. The Kier molecular flexibility index (Phi) is 16.3. The number of aryl methyl sites for hydroxylation is 2. The number of nitriles is 1. The van der Waals surface area contributed by atoms with Crippen molar-refractivity contribution in [3.05, 3.63) is 87.9 Å². The summed E-state index contributed by atoms with van der Waals surface area (Å²) >= 11 is 8.22. The number of nitrogens with zero attached hydrogens (tertiary/aromatic N) is 10. The van der Waals surface area contributed by atoms with Crippen LogP contribution in [0.2, 0.25) is 5.02 Å². The molecule has 0 amide bonds. The van der Waals surface area contributed by atoms with E-state index in [0.29, 0.717) is 16.0 Å². The molecule has 0 saturated carbocycles. The monoisotopic (exact) mass is 1240 g/mol. The second-order valence-electron chi connectivity index (χ2n) is 17.0. The fraction of sp³-hybridized carbons (Fsp3) is 0.205. The number of hydrogen-bond donors (Lipinski definition) is 6. The summed E-state index contributed by atoms with van der Waals surface area (Å²) < 4.78 is 174. The SMILES string of the molecule is Cc1cc(N=Nc2cc(OCCCS(=O)(=O)O)c(N=Nc3c(C)c(C#N)c4nc5c(Cl)cc(S(=O)(=O)O)cc5n4c3O)cc2C)c(SCCCS(=O)(=O)O)cc1N=Nc1nc2c(S(=O)(=O)O)cc3ccc(S(=O)(=O)O)cc3c2s1. The Morgan fingerprint density at radius 3 is 1.96 bits per heavy atom. The lowest BCUT2D eigenvalue weighted by atomic mass is 10.1. The van der Waals surface area contributed by atoms with Gasteiger partial charge < -0.3 is 9.84 Å². The van der Waals surface area contributed by atoms with Crippen molar-refractivity contribution in [2.45, 2.75) is 53.2 Å². The number of azo groups is 3. The molecule has 3 aromatic heterocycles. The third kappa shape index (κ3) is 13.2. The number of imidazole rings is 1. The Morgan fingerprint density at radius 2 is 1.32 bits per heavy atom. The van der Waals surface area contributed by atoms with Gasteiger partial charge in [-0.25, -0.2) is 9.97 Å². The highest BCUT2D eigenvalue weighted by Crippen LogP contribution is 2.45. The molecule has 0 aliphatic heterocycles. The normalized spacial score (nSPS) is 13.1. The lowest BCUT2D eigenvalue weighted by Crippen LogP contribution is -2.08. The maximum atomic E-state index is 12.5. The molecular weight excluding hydrogens is 1200 g/mol. The van der Waals surface area contributed by atoms with E-state index in [-0.39, 0.29) is 118 Å². The maximum Gasteiger partial charge on any atom is 0.296 e. The molecule has 0 fully saturated rings. The average Bonchev–Trinajstić information content (AvgIpc) is 4.14. The van der Waals surface area contributed by atoms with Crippen molar-refractivity contribution in [2.75, 3.05) is 23.9 Å². The summed E-state index contributed by atoms with van der Waals surface area (Å²) in [6.45, 7) is 4.35. The van der Waals surface area contributed by atoms with Crippen LogP contribution in [0.1, 0.15) is 35.1 Å². The number of hydrogen-bond acceptors (Lipinski definition) is 23. The fourth-order valence-electron chi connectivity index (χ4n) is 7.66. The van der Waals surface area contributed by atoms with E-state index in [1.165, 1.54) is 31.2 Å². The number of ether oxygens (including phenoxy) is 1. The minimum Gasteiger partial charge on any atom is -0.493 e. The number of halogens is 1. The molecule has 0 aliphatic carbocycles. The summed E-state index contributed by atoms with van der Waals surface area (Å²) in [5.74, 6) is -1.89. The van der Waals surface area contributed by atoms with Crippen molar-refractivity contribution < 1.29 is 74.7 Å². The van der Waals surface area contributed by atoms with Crippen LogP contribution >= 0.6 is 34.7 Å². The van der Waals surface area contributed by atoms with Crippen LogP contribution in [0.25, 0.3) is 37.7 Å². The molecule has 6 N–H and O–H groups in total. The summed E-state index contributed by atoms with van der Waals surface area (Å²) in [5, 5.41) is 47.8. The molecule has 8 aromatic rings. The molecule has 79 heavy (non-hydrogen) atoms. The molecule has 0 bridgehead atoms. The van der Waals surface area contributed by atoms with Crippen molar-refractivity contribution in [2.24, 2.45) is 30.7 Å². The van der Waals surface area contributed by atoms with Crippen molar-refractivity contribution in [1.29, 1.82) is 5.26 Å². The van der Waals surface area contributed by atoms with Gasteiger partial charge in [0.2, 0.25) is 11.0 Å². The van der Waals surface area contributed by atoms with Crippen LogP contribution in [0.4, 0.5) is 33.6 Å². The Hall–Kier alpha value is -6.72. The molecular formula is C44H37ClN10O17S7. The lowest BCUT2D eigenvalue weighted by Gasteiger charge is -2.12. The van der Waals surface area contributed by atoms with E-state index in [0.717, 1.165) is 57.8 Å². The molecule has 27 nitrogen and oxygen atoms in total. The minimum absolute atomic E-state index is 0.0154. The van der Waals surface area contributed by atoms with Gasteiger partial charge in [0.1, 0.15) is 39.0 Å². The molecule has 0 saturated heterocycles. The van der Waals surface area contributed by atoms with Gasteiger partial charge in [0.15, 0.2) is 11.3 Å². The summed E-state index contributed by atoms with van der Waals surface area (Å²) in [4.78, 5) is 7.20. The first kappa shape index (κ1) is 58.4. The zero-order valence-corrected chi connectivity index (χ0v) is 46.9. The number of benzene rings is 5. The first-order chi connectivity index (χ1) is 36.8. The summed E-state index contributed by atoms with van der Waals surface area (Å²) in [6.07, 6.45) is -0.219. The smallest absolute Gasteiger partial charge is 0.296 e. The van der Waals surface area contributed by atoms with Crippen molar-refractivity contribution in [3.8, 4) is 17.7 Å². The number of thiazole rings is 1. The Bertz CT molecular complexity index is 4620. The van der Waals surface area contributed by atoms with Crippen molar-refractivity contribution in [1.82, 2.24) is 14.4 Å². The quantitative estimate of drug-likeness (QED) is 0.0190. The highest BCUT2D eigenvalue weighted by molar-refractivity contribution is 7.99. The molecule has 0 radical (unpaired) electrons. The molecule has 3 heterocycles. The van der Waals surface area contributed by atoms with Crippen LogP contribution in [0.3, 0.4) is 0 Å². The molecule has 35 heteroatoms. The highest BCUT2D eigenvalue weighted by Gasteiger charge is 2.26. The Morgan fingerprint density at radius 1 is 0.696 bits per heavy atom. The number of rotatable bonds is 19. The predicted molar refractivity (Wildman–Crippen MR) is 289 cm³/mol. The van der Waals surface area contributed by atoms with Crippen LogP contribution < -0.4 is 4.74 Å². The average molecular weight is 1240 g/mol. The summed E-state index contributed by atoms with van der Waals surface area (Å²) in [7, 11) is -23.1. The van der Waals surface area contributed by atoms with Gasteiger partial charge in [0.05, 0.1) is 60.2 Å². The third-order valence-corrected chi connectivity index (χ3v) is 17.9. The van der Waals surface area contributed by atoms with Crippen molar-refractivity contribution in [3.63, 3.8) is 0 Å². The van der Waals surface area contributed by atoms with E-state index < -0.39 is 82.7 Å². The predicted octanol–water partition coefficient (Wildman–Crippen LogP) is 10.4. The van der Waals surface area contributed by atoms with Gasteiger partial charge in [-0.3, -0.25) is 27.2 Å². The number of aromatic hydroxyl groups is 1. The second-order valence-corrected chi connectivity index (χ2v) is 26.9. The molecule has 8 rings (SSSR count). The number of pyridine rings is 1. The molecule has 0 aliphatic rings. The molecule has 0 unspecified atom stereocenters. The third-order valence-electron chi connectivity index (χ3n) is 11.4. The topological polar surface area (TPSA) is 429 Å². The van der Waals surface area contributed by atoms with Gasteiger partial charge >= 0.3 is 0 Å². The van der Waals surface area contributed by atoms with E-state index in [9.17, 15) is 75.2 Å². The fourth-order valence-corrected chi connectivity index (χ4v) is 12.8. The van der Waals surface area contributed by atoms with Crippen LogP contribution in [-0.2, 0) is 50.6 Å². The first-order valence-electron chi connectivity index (χ1n) is 22.1. The van der Waals surface area contributed by atoms with Gasteiger partial charge in [0.25, 0.3) is 50.6 Å². The van der Waals surface area contributed by atoms with E-state index >= 15 is 0 Å². The van der Waals surface area contributed by atoms with Gasteiger partial charge in [-0.05, 0) is 104 Å². The Balaban J connectivity index is 1.18.